The van der Waals surface area contributed by atoms with E-state index in [0.29, 0.717) is 30.0 Å². The van der Waals surface area contributed by atoms with Crippen molar-refractivity contribution >= 4 is 34.9 Å². The highest BCUT2D eigenvalue weighted by atomic mass is 35.5. The largest absolute Gasteiger partial charge is 0.476 e. The number of ether oxygens (including phenoxy) is 2. The number of ketones is 1. The molecule has 1 aliphatic heterocycles. The van der Waals surface area contributed by atoms with E-state index < -0.39 is 11.6 Å². The van der Waals surface area contributed by atoms with E-state index in [-0.39, 0.29) is 24.1 Å². The fraction of sp³-hybridized carbons (Fsp3) is 0.471. The van der Waals surface area contributed by atoms with E-state index in [9.17, 15) is 14.4 Å². The minimum atomic E-state index is -1.12. The van der Waals surface area contributed by atoms with Crippen LogP contribution in [0.1, 0.15) is 37.6 Å². The maximum atomic E-state index is 12.7. The predicted molar refractivity (Wildman–Crippen MR) is 89.8 cm³/mol. The van der Waals surface area contributed by atoms with Crippen LogP contribution in [0.4, 0.5) is 5.69 Å². The van der Waals surface area contributed by atoms with Gasteiger partial charge in [0.2, 0.25) is 0 Å². The van der Waals surface area contributed by atoms with E-state index in [1.807, 2.05) is 6.92 Å². The van der Waals surface area contributed by atoms with Crippen molar-refractivity contribution in [1.29, 1.82) is 0 Å². The standard InChI is InChI=1S/C17H20ClNO5/c1-4-7-23-15(21)10-19-12-8-11(13(20)9-18)5-6-14(12)24-17(2,3)16(19)22/h5-6,8H,4,7,9-10H2,1-3H3. The van der Waals surface area contributed by atoms with Crippen LogP contribution in [-0.4, -0.2) is 42.3 Å². The molecule has 24 heavy (non-hydrogen) atoms. The first-order chi connectivity index (χ1) is 11.3. The Morgan fingerprint density at radius 3 is 2.67 bits per heavy atom. The van der Waals surface area contributed by atoms with E-state index in [4.69, 9.17) is 21.1 Å². The van der Waals surface area contributed by atoms with Crippen molar-refractivity contribution in [3.05, 3.63) is 23.8 Å². The van der Waals surface area contributed by atoms with Crippen LogP contribution in [0.5, 0.6) is 5.75 Å². The average Bonchev–Trinajstić information content (AvgIpc) is 2.55. The van der Waals surface area contributed by atoms with Crippen LogP contribution >= 0.6 is 11.6 Å². The van der Waals surface area contributed by atoms with E-state index in [2.05, 4.69) is 0 Å². The maximum absolute atomic E-state index is 12.7. The minimum absolute atomic E-state index is 0.169. The van der Waals surface area contributed by atoms with Crippen LogP contribution in [0.2, 0.25) is 0 Å². The number of anilines is 1. The number of esters is 1. The number of amides is 1. The third-order valence-electron chi connectivity index (χ3n) is 3.57. The lowest BCUT2D eigenvalue weighted by Gasteiger charge is -2.38. The number of carbonyl (C=O) groups is 3. The van der Waals surface area contributed by atoms with Crippen LogP contribution in [0, 0.1) is 0 Å². The summed E-state index contributed by atoms with van der Waals surface area (Å²) in [6.45, 7) is 5.19. The van der Waals surface area contributed by atoms with Gasteiger partial charge in [0.15, 0.2) is 11.4 Å². The molecular weight excluding hydrogens is 334 g/mol. The van der Waals surface area contributed by atoms with Crippen LogP contribution in [0.25, 0.3) is 0 Å². The van der Waals surface area contributed by atoms with Gasteiger partial charge in [-0.25, -0.2) is 0 Å². The molecule has 0 unspecified atom stereocenters. The zero-order valence-electron chi connectivity index (χ0n) is 13.9. The molecule has 1 amide bonds. The molecule has 0 aromatic heterocycles. The van der Waals surface area contributed by atoms with Crippen molar-refractivity contribution in [1.82, 2.24) is 0 Å². The van der Waals surface area contributed by atoms with E-state index in [1.54, 1.807) is 26.0 Å². The Balaban J connectivity index is 2.39. The molecule has 0 spiro atoms. The average molecular weight is 354 g/mol. The number of Topliss-reactive ketones (excluding diaryl/α,β-unsaturated/α-hetero) is 1. The lowest BCUT2D eigenvalue weighted by Crippen LogP contribution is -2.54. The molecule has 0 bridgehead atoms. The zero-order chi connectivity index (χ0) is 17.9. The third kappa shape index (κ3) is 3.70. The number of alkyl halides is 1. The van der Waals surface area contributed by atoms with Gasteiger partial charge >= 0.3 is 5.97 Å². The van der Waals surface area contributed by atoms with E-state index in [1.165, 1.54) is 11.0 Å². The lowest BCUT2D eigenvalue weighted by molar-refractivity contribution is -0.144. The van der Waals surface area contributed by atoms with Crippen molar-refractivity contribution in [3.8, 4) is 5.75 Å². The van der Waals surface area contributed by atoms with Gasteiger partial charge in [0.25, 0.3) is 5.91 Å². The Morgan fingerprint density at radius 2 is 2.04 bits per heavy atom. The molecule has 0 fully saturated rings. The fourth-order valence-corrected chi connectivity index (χ4v) is 2.52. The first-order valence-electron chi connectivity index (χ1n) is 7.70. The topological polar surface area (TPSA) is 72.9 Å². The maximum Gasteiger partial charge on any atom is 0.326 e. The van der Waals surface area contributed by atoms with Gasteiger partial charge in [-0.3, -0.25) is 19.3 Å². The first kappa shape index (κ1) is 18.3. The van der Waals surface area contributed by atoms with Gasteiger partial charge in [-0.2, -0.15) is 0 Å². The van der Waals surface area contributed by atoms with Crippen molar-refractivity contribution in [3.63, 3.8) is 0 Å². The van der Waals surface area contributed by atoms with Gasteiger partial charge in [0, 0.05) is 5.56 Å². The van der Waals surface area contributed by atoms with Crippen molar-refractivity contribution < 1.29 is 23.9 Å². The SMILES string of the molecule is CCCOC(=O)CN1C(=O)C(C)(C)Oc2ccc(C(=O)CCl)cc21. The molecule has 130 valence electrons. The van der Waals surface area contributed by atoms with E-state index >= 15 is 0 Å². The lowest BCUT2D eigenvalue weighted by atomic mass is 10.0. The van der Waals surface area contributed by atoms with Gasteiger partial charge in [0.05, 0.1) is 18.2 Å². The molecule has 0 radical (unpaired) electrons. The van der Waals surface area contributed by atoms with Crippen molar-refractivity contribution in [2.75, 3.05) is 23.9 Å². The monoisotopic (exact) mass is 353 g/mol. The highest BCUT2D eigenvalue weighted by Gasteiger charge is 2.42. The predicted octanol–water partition coefficient (Wildman–Crippen LogP) is 2.57. The number of hydrogen-bond donors (Lipinski definition) is 0. The number of nitrogens with zero attached hydrogens (tertiary/aromatic N) is 1. The fourth-order valence-electron chi connectivity index (χ4n) is 2.37. The molecule has 0 saturated heterocycles. The van der Waals surface area contributed by atoms with Crippen LogP contribution in [-0.2, 0) is 14.3 Å². The van der Waals surface area contributed by atoms with Crippen molar-refractivity contribution in [2.45, 2.75) is 32.8 Å². The molecule has 1 aliphatic rings. The summed E-state index contributed by atoms with van der Waals surface area (Å²) in [6, 6.07) is 4.71. The minimum Gasteiger partial charge on any atom is -0.476 e. The molecule has 1 aromatic rings. The molecule has 1 aromatic carbocycles. The summed E-state index contributed by atoms with van der Waals surface area (Å²) in [4.78, 5) is 37.7. The molecule has 1 heterocycles. The highest BCUT2D eigenvalue weighted by molar-refractivity contribution is 6.30. The van der Waals surface area contributed by atoms with Gasteiger partial charge in [-0.1, -0.05) is 6.92 Å². The van der Waals surface area contributed by atoms with Crippen molar-refractivity contribution in [2.24, 2.45) is 0 Å². The summed E-state index contributed by atoms with van der Waals surface area (Å²) in [5, 5.41) is 0. The third-order valence-corrected chi connectivity index (χ3v) is 3.82. The highest BCUT2D eigenvalue weighted by Crippen LogP contribution is 2.38. The summed E-state index contributed by atoms with van der Waals surface area (Å²) >= 11 is 5.59. The van der Waals surface area contributed by atoms with Gasteiger partial charge < -0.3 is 9.47 Å². The number of hydrogen-bond acceptors (Lipinski definition) is 5. The Morgan fingerprint density at radius 1 is 1.33 bits per heavy atom. The summed E-state index contributed by atoms with van der Waals surface area (Å²) in [6.07, 6.45) is 0.694. The quantitative estimate of drug-likeness (QED) is 0.446. The van der Waals surface area contributed by atoms with Crippen LogP contribution in [0.3, 0.4) is 0 Å². The summed E-state index contributed by atoms with van der Waals surface area (Å²) < 4.78 is 10.8. The normalized spacial score (nSPS) is 15.5. The van der Waals surface area contributed by atoms with Crippen LogP contribution < -0.4 is 9.64 Å². The Bertz CT molecular complexity index is 671. The number of fused-ring (bicyclic) bond motifs is 1. The summed E-state index contributed by atoms with van der Waals surface area (Å²) in [5.41, 5.74) is -0.397. The molecule has 0 aliphatic carbocycles. The Labute approximate surface area is 145 Å². The number of halogens is 1. The second-order valence-corrected chi connectivity index (χ2v) is 6.23. The molecule has 6 nitrogen and oxygen atoms in total. The summed E-state index contributed by atoms with van der Waals surface area (Å²) in [7, 11) is 0. The number of benzene rings is 1. The van der Waals surface area contributed by atoms with Gasteiger partial charge in [0.1, 0.15) is 12.3 Å². The molecular formula is C17H20ClNO5. The Hall–Kier alpha value is -2.08. The number of carbonyl (C=O) groups excluding carboxylic acids is 3. The van der Waals surface area contributed by atoms with Gasteiger partial charge in [-0.15, -0.1) is 11.6 Å². The molecule has 0 saturated carbocycles. The molecule has 0 atom stereocenters. The van der Waals surface area contributed by atoms with E-state index in [0.717, 1.165) is 0 Å². The Kier molecular flexibility index (Phi) is 5.49. The second-order valence-electron chi connectivity index (χ2n) is 5.96. The van der Waals surface area contributed by atoms with Gasteiger partial charge in [-0.05, 0) is 38.5 Å². The number of rotatable bonds is 6. The smallest absolute Gasteiger partial charge is 0.326 e. The zero-order valence-corrected chi connectivity index (χ0v) is 14.7. The van der Waals surface area contributed by atoms with Crippen LogP contribution in [0.15, 0.2) is 18.2 Å². The second kappa shape index (κ2) is 7.21. The molecule has 2 rings (SSSR count). The first-order valence-corrected chi connectivity index (χ1v) is 8.23. The molecule has 7 heteroatoms. The summed E-state index contributed by atoms with van der Waals surface area (Å²) in [5.74, 6) is -0.904. The molecule has 0 N–H and O–H groups in total.